The molecule has 0 spiro atoms. The first kappa shape index (κ1) is 26.9. The Kier molecular flexibility index (Phi) is 7.29. The molecule has 2 fully saturated rings. The molecular weight excluding hydrogens is 534 g/mol. The zero-order valence-corrected chi connectivity index (χ0v) is 24.1. The average Bonchev–Trinajstić information content (AvgIpc) is 3.70. The van der Waals surface area contributed by atoms with Gasteiger partial charge in [0.05, 0.1) is 61.4 Å². The lowest BCUT2D eigenvalue weighted by Gasteiger charge is -2.26. The number of amides is 1. The smallest absolute Gasteiger partial charge is 0.280 e. The minimum absolute atomic E-state index is 0.0257. The van der Waals surface area contributed by atoms with Gasteiger partial charge in [0.25, 0.3) is 5.91 Å². The second-order valence-electron chi connectivity index (χ2n) is 11.6. The molecule has 2 unspecified atom stereocenters. The maximum Gasteiger partial charge on any atom is 0.280 e. The molecule has 4 aliphatic rings. The van der Waals surface area contributed by atoms with E-state index in [1.807, 2.05) is 14.0 Å². The number of ether oxygens (including phenoxy) is 3. The zero-order valence-electron chi connectivity index (χ0n) is 24.1. The van der Waals surface area contributed by atoms with Crippen LogP contribution in [0.15, 0.2) is 41.5 Å². The summed E-state index contributed by atoms with van der Waals surface area (Å²) in [5.41, 5.74) is 5.56. The standard InChI is InChI=1S/C31H37N7O4/c1-19-12-22-13-26(34-19)25-16-33-37(2)30(25)42-9-3-4-21(20-5-6-20)17-38-28-8-7-23(32-15-24-18-40-10-11-41-24)14-27(28)35-31(38)36-29(22)39/h7-8,12-14,16,20-21,24,32H,3-6,9-11,15,17-18H2,1-2H3,(H,35,36,39). The Morgan fingerprint density at radius 2 is 2.00 bits per heavy atom. The molecule has 7 rings (SSSR count). The maximum atomic E-state index is 13.7. The molecule has 2 N–H and O–H groups in total. The number of fused-ring (bicyclic) bond motifs is 7. The number of aliphatic imine (C=N–C) groups is 1. The SMILES string of the molecule is Cc1cc2cc(n1)-c1cnn(C)c1OCCCC(C1CC1)CN1/C(=N/C2=O)Nc2cc(NCC3COCCO3)ccc21. The van der Waals surface area contributed by atoms with E-state index in [9.17, 15) is 4.79 Å². The van der Waals surface area contributed by atoms with E-state index >= 15 is 0 Å². The molecule has 5 heterocycles. The first-order valence-electron chi connectivity index (χ1n) is 14.9. The molecule has 1 saturated carbocycles. The summed E-state index contributed by atoms with van der Waals surface area (Å²) >= 11 is 0. The number of rotatable bonds is 4. The highest BCUT2D eigenvalue weighted by Crippen LogP contribution is 2.43. The molecule has 2 atom stereocenters. The Bertz CT molecular complexity index is 1510. The third kappa shape index (κ3) is 5.58. The van der Waals surface area contributed by atoms with Gasteiger partial charge < -0.3 is 29.7 Å². The number of nitrogens with zero attached hydrogens (tertiary/aromatic N) is 5. The first-order chi connectivity index (χ1) is 20.5. The van der Waals surface area contributed by atoms with E-state index < -0.39 is 0 Å². The number of pyridine rings is 1. The van der Waals surface area contributed by atoms with Gasteiger partial charge in [0.2, 0.25) is 11.8 Å². The van der Waals surface area contributed by atoms with Crippen LogP contribution >= 0.6 is 0 Å². The van der Waals surface area contributed by atoms with Crippen LogP contribution in [0.25, 0.3) is 11.3 Å². The molecule has 11 nitrogen and oxygen atoms in total. The van der Waals surface area contributed by atoms with Crippen LogP contribution in [0.2, 0.25) is 0 Å². The summed E-state index contributed by atoms with van der Waals surface area (Å²) in [6, 6.07) is 9.82. The quantitative estimate of drug-likeness (QED) is 0.474. The van der Waals surface area contributed by atoms with Gasteiger partial charge in [0, 0.05) is 37.1 Å². The Hall–Kier alpha value is -3.96. The molecule has 1 amide bonds. The number of carbonyl (C=O) groups excluding carboxylic acids is 1. The van der Waals surface area contributed by atoms with Gasteiger partial charge in [-0.05, 0) is 74.8 Å². The maximum absolute atomic E-state index is 13.7. The van der Waals surface area contributed by atoms with Gasteiger partial charge in [-0.25, -0.2) is 4.68 Å². The van der Waals surface area contributed by atoms with E-state index in [1.54, 1.807) is 23.0 Å². The number of aryl methyl sites for hydroxylation is 2. The summed E-state index contributed by atoms with van der Waals surface area (Å²) < 4.78 is 19.3. The van der Waals surface area contributed by atoms with Crippen LogP contribution in [0.1, 0.15) is 41.7 Å². The lowest BCUT2D eigenvalue weighted by molar-refractivity contribution is -0.0818. The third-order valence-electron chi connectivity index (χ3n) is 8.44. The monoisotopic (exact) mass is 571 g/mol. The Morgan fingerprint density at radius 1 is 1.10 bits per heavy atom. The van der Waals surface area contributed by atoms with Crippen LogP contribution in [0.5, 0.6) is 5.88 Å². The van der Waals surface area contributed by atoms with Crippen molar-refractivity contribution in [3.05, 3.63) is 47.8 Å². The van der Waals surface area contributed by atoms with Crippen molar-refractivity contribution in [3.8, 4) is 17.1 Å². The van der Waals surface area contributed by atoms with Gasteiger partial charge in [-0.15, -0.1) is 0 Å². The number of hydrogen-bond donors (Lipinski definition) is 2. The Balaban J connectivity index is 1.22. The summed E-state index contributed by atoms with van der Waals surface area (Å²) in [6.45, 7) is 5.79. The zero-order chi connectivity index (χ0) is 28.6. The fourth-order valence-corrected chi connectivity index (χ4v) is 6.10. The fraction of sp³-hybridized carbons (Fsp3) is 0.484. The molecule has 2 aromatic heterocycles. The van der Waals surface area contributed by atoms with Crippen LogP contribution in [0.4, 0.5) is 17.1 Å². The van der Waals surface area contributed by atoms with Gasteiger partial charge in [-0.2, -0.15) is 10.1 Å². The number of guanidine groups is 1. The van der Waals surface area contributed by atoms with Crippen LogP contribution < -0.4 is 20.3 Å². The highest BCUT2D eigenvalue weighted by Gasteiger charge is 2.36. The van der Waals surface area contributed by atoms with Crippen LogP contribution in [0, 0.1) is 18.8 Å². The normalized spacial score (nSPS) is 23.7. The van der Waals surface area contributed by atoms with Crippen molar-refractivity contribution in [1.82, 2.24) is 14.8 Å². The predicted molar refractivity (Wildman–Crippen MR) is 160 cm³/mol. The summed E-state index contributed by atoms with van der Waals surface area (Å²) in [4.78, 5) is 25.2. The summed E-state index contributed by atoms with van der Waals surface area (Å²) in [6.07, 6.45) is 6.20. The van der Waals surface area contributed by atoms with Gasteiger partial charge in [-0.3, -0.25) is 9.78 Å². The van der Waals surface area contributed by atoms with Crippen LogP contribution in [-0.4, -0.2) is 72.3 Å². The molecule has 3 aliphatic heterocycles. The molecule has 42 heavy (non-hydrogen) atoms. The molecule has 220 valence electrons. The largest absolute Gasteiger partial charge is 0.477 e. The van der Waals surface area contributed by atoms with Crippen molar-refractivity contribution < 1.29 is 19.0 Å². The van der Waals surface area contributed by atoms with Crippen LogP contribution in [-0.2, 0) is 16.5 Å². The van der Waals surface area contributed by atoms with Crippen molar-refractivity contribution >= 4 is 28.9 Å². The van der Waals surface area contributed by atoms with E-state index in [0.717, 1.165) is 47.7 Å². The van der Waals surface area contributed by atoms with E-state index in [1.165, 1.54) is 12.8 Å². The molecule has 2 bridgehead atoms. The number of nitrogens with one attached hydrogen (secondary N) is 2. The van der Waals surface area contributed by atoms with Gasteiger partial charge in [0.15, 0.2) is 0 Å². The number of anilines is 3. The first-order valence-corrected chi connectivity index (χ1v) is 14.9. The van der Waals surface area contributed by atoms with Crippen molar-refractivity contribution in [2.75, 3.05) is 55.1 Å². The van der Waals surface area contributed by atoms with E-state index in [0.29, 0.717) is 67.9 Å². The van der Waals surface area contributed by atoms with Gasteiger partial charge in [0.1, 0.15) is 0 Å². The second-order valence-corrected chi connectivity index (χ2v) is 11.6. The van der Waals surface area contributed by atoms with Gasteiger partial charge >= 0.3 is 0 Å². The minimum atomic E-state index is -0.320. The van der Waals surface area contributed by atoms with Crippen molar-refractivity contribution in [2.24, 2.45) is 23.9 Å². The number of benzene rings is 1. The molecule has 3 aromatic rings. The molecule has 0 radical (unpaired) electrons. The fourth-order valence-electron chi connectivity index (χ4n) is 6.10. The molecule has 1 aromatic carbocycles. The predicted octanol–water partition coefficient (Wildman–Crippen LogP) is 4.24. The third-order valence-corrected chi connectivity index (χ3v) is 8.44. The second kappa shape index (κ2) is 11.4. The van der Waals surface area contributed by atoms with Crippen LogP contribution in [0.3, 0.4) is 0 Å². The number of carbonyl (C=O) groups is 1. The highest BCUT2D eigenvalue weighted by atomic mass is 16.6. The number of aromatic nitrogens is 3. The Labute approximate surface area is 245 Å². The van der Waals surface area contributed by atoms with E-state index in [2.05, 4.69) is 43.8 Å². The summed E-state index contributed by atoms with van der Waals surface area (Å²) in [7, 11) is 1.87. The van der Waals surface area contributed by atoms with Crippen molar-refractivity contribution in [1.29, 1.82) is 0 Å². The van der Waals surface area contributed by atoms with Crippen molar-refractivity contribution in [2.45, 2.75) is 38.7 Å². The van der Waals surface area contributed by atoms with Gasteiger partial charge in [-0.1, -0.05) is 0 Å². The molecule has 1 saturated heterocycles. The molecule has 11 heteroatoms. The topological polar surface area (TPSA) is 115 Å². The van der Waals surface area contributed by atoms with Crippen molar-refractivity contribution in [3.63, 3.8) is 0 Å². The number of hydrogen-bond acceptors (Lipinski definition) is 9. The lowest BCUT2D eigenvalue weighted by Crippen LogP contribution is -2.36. The summed E-state index contributed by atoms with van der Waals surface area (Å²) in [5.74, 6) is 2.04. The summed E-state index contributed by atoms with van der Waals surface area (Å²) in [5, 5.41) is 11.4. The minimum Gasteiger partial charge on any atom is -0.477 e. The van der Waals surface area contributed by atoms with E-state index in [4.69, 9.17) is 19.2 Å². The molecule has 1 aliphatic carbocycles. The van der Waals surface area contributed by atoms with E-state index in [-0.39, 0.29) is 12.0 Å². The highest BCUT2D eigenvalue weighted by molar-refractivity contribution is 6.19. The Morgan fingerprint density at radius 3 is 2.83 bits per heavy atom. The molecular formula is C31H37N7O4. The average molecular weight is 572 g/mol. The lowest BCUT2D eigenvalue weighted by atomic mass is 9.97.